The molecule has 6 heteroatoms. The van der Waals surface area contributed by atoms with Crippen LogP contribution in [0.15, 0.2) is 29.1 Å². The molecule has 1 heterocycles. The Hall–Kier alpha value is -2.50. The van der Waals surface area contributed by atoms with E-state index >= 15 is 0 Å². The first-order valence-electron chi connectivity index (χ1n) is 5.72. The molecule has 0 saturated heterocycles. The van der Waals surface area contributed by atoms with E-state index in [0.29, 0.717) is 5.57 Å². The zero-order valence-electron chi connectivity index (χ0n) is 10.6. The molecule has 98 valence electrons. The van der Waals surface area contributed by atoms with E-state index in [-0.39, 0.29) is 12.4 Å². The summed E-state index contributed by atoms with van der Waals surface area (Å²) < 4.78 is 0. The van der Waals surface area contributed by atoms with Gasteiger partial charge in [0.15, 0.2) is 11.1 Å². The maximum absolute atomic E-state index is 11.4. The third-order valence-corrected chi connectivity index (χ3v) is 2.83. The van der Waals surface area contributed by atoms with Crippen molar-refractivity contribution >= 4 is 22.8 Å². The fourth-order valence-corrected chi connectivity index (χ4v) is 1.79. The zero-order valence-corrected chi connectivity index (χ0v) is 10.6. The highest BCUT2D eigenvalue weighted by atomic mass is 16.7. The minimum atomic E-state index is -0.160. The van der Waals surface area contributed by atoms with Gasteiger partial charge in [-0.25, -0.2) is 0 Å². The number of fused-ring (bicyclic) bond motifs is 1. The normalized spacial score (nSPS) is 11.6. The summed E-state index contributed by atoms with van der Waals surface area (Å²) in [6.07, 6.45) is 1.68. The van der Waals surface area contributed by atoms with Gasteiger partial charge >= 0.3 is 0 Å². The van der Waals surface area contributed by atoms with E-state index in [0.717, 1.165) is 22.2 Å². The number of aryl methyl sites for hydroxylation is 1. The Balaban J connectivity index is 2.38. The standard InChI is InChI=1S/C13H13N3O3/c1-8-12-6-10(3-4-13(12)15-14-8)5-11(9(2)17)7-19-16-18/h3-6H,7H2,1-2H3,(H,14,15)/b11-5+. The number of nitrogens with one attached hydrogen (secondary N) is 1. The summed E-state index contributed by atoms with van der Waals surface area (Å²) in [6, 6.07) is 5.63. The Labute approximate surface area is 109 Å². The molecule has 0 radical (unpaired) electrons. The van der Waals surface area contributed by atoms with Crippen molar-refractivity contribution in [3.8, 4) is 0 Å². The molecule has 0 unspecified atom stereocenters. The lowest BCUT2D eigenvalue weighted by molar-refractivity contribution is -0.114. The average Bonchev–Trinajstić information content (AvgIpc) is 2.76. The molecule has 0 aliphatic rings. The van der Waals surface area contributed by atoms with Crippen LogP contribution in [0, 0.1) is 11.8 Å². The molecule has 1 aromatic carbocycles. The van der Waals surface area contributed by atoms with Crippen LogP contribution in [0.5, 0.6) is 0 Å². The number of aromatic amines is 1. The van der Waals surface area contributed by atoms with Gasteiger partial charge in [0.1, 0.15) is 6.61 Å². The number of ketones is 1. The third kappa shape index (κ3) is 2.85. The maximum atomic E-state index is 11.4. The predicted molar refractivity (Wildman–Crippen MR) is 71.2 cm³/mol. The van der Waals surface area contributed by atoms with Crippen molar-refractivity contribution < 1.29 is 9.63 Å². The molecule has 1 aromatic heterocycles. The Morgan fingerprint density at radius 2 is 2.32 bits per heavy atom. The molecule has 6 nitrogen and oxygen atoms in total. The number of aromatic nitrogens is 2. The van der Waals surface area contributed by atoms with Crippen LogP contribution >= 0.6 is 0 Å². The SMILES string of the molecule is CC(=O)/C(=C/c1ccc2n[nH]c(C)c2c1)CON=O. The van der Waals surface area contributed by atoms with Gasteiger partial charge in [-0.15, -0.1) is 4.91 Å². The van der Waals surface area contributed by atoms with Gasteiger partial charge in [0.25, 0.3) is 0 Å². The van der Waals surface area contributed by atoms with Crippen LogP contribution < -0.4 is 0 Å². The van der Waals surface area contributed by atoms with Crippen molar-refractivity contribution in [2.45, 2.75) is 13.8 Å². The van der Waals surface area contributed by atoms with E-state index in [9.17, 15) is 9.70 Å². The molecule has 19 heavy (non-hydrogen) atoms. The number of rotatable bonds is 5. The van der Waals surface area contributed by atoms with Crippen LogP contribution in [0.25, 0.3) is 17.0 Å². The van der Waals surface area contributed by atoms with Crippen LogP contribution in [0.2, 0.25) is 0 Å². The summed E-state index contributed by atoms with van der Waals surface area (Å²) in [4.78, 5) is 25.8. The smallest absolute Gasteiger partial charge is 0.159 e. The minimum Gasteiger partial charge on any atom is -0.359 e. The summed E-state index contributed by atoms with van der Waals surface area (Å²) in [5, 5.41) is 10.3. The Morgan fingerprint density at radius 1 is 1.53 bits per heavy atom. The second-order valence-electron chi connectivity index (χ2n) is 4.20. The Bertz CT molecular complexity index is 658. The first-order chi connectivity index (χ1) is 9.11. The number of Topliss-reactive ketones (excluding diaryl/α,β-unsaturated/α-hetero) is 1. The lowest BCUT2D eigenvalue weighted by Crippen LogP contribution is -2.03. The molecule has 0 bridgehead atoms. The second kappa shape index (κ2) is 5.43. The molecule has 0 atom stereocenters. The molecule has 0 fully saturated rings. The van der Waals surface area contributed by atoms with Gasteiger partial charge in [-0.3, -0.25) is 9.89 Å². The van der Waals surface area contributed by atoms with Gasteiger partial charge in [0.2, 0.25) is 0 Å². The van der Waals surface area contributed by atoms with Gasteiger partial charge < -0.3 is 4.84 Å². The van der Waals surface area contributed by atoms with E-state index in [2.05, 4.69) is 20.4 Å². The van der Waals surface area contributed by atoms with Gasteiger partial charge in [-0.2, -0.15) is 5.10 Å². The molecular formula is C13H13N3O3. The van der Waals surface area contributed by atoms with Crippen LogP contribution in [0.1, 0.15) is 18.2 Å². The van der Waals surface area contributed by atoms with E-state index in [4.69, 9.17) is 0 Å². The monoisotopic (exact) mass is 259 g/mol. The van der Waals surface area contributed by atoms with E-state index in [1.54, 1.807) is 6.08 Å². The summed E-state index contributed by atoms with van der Waals surface area (Å²) in [6.45, 7) is 3.22. The summed E-state index contributed by atoms with van der Waals surface area (Å²) in [7, 11) is 0. The van der Waals surface area contributed by atoms with Crippen LogP contribution in [0.3, 0.4) is 0 Å². The first-order valence-corrected chi connectivity index (χ1v) is 5.72. The maximum Gasteiger partial charge on any atom is 0.159 e. The number of hydrogen-bond donors (Lipinski definition) is 1. The molecule has 0 aliphatic carbocycles. The fraction of sp³-hybridized carbons (Fsp3) is 0.231. The van der Waals surface area contributed by atoms with Crippen molar-refractivity contribution in [3.63, 3.8) is 0 Å². The number of nitrogens with zero attached hydrogens (tertiary/aromatic N) is 2. The van der Waals surface area contributed by atoms with E-state index in [1.807, 2.05) is 25.1 Å². The lowest BCUT2D eigenvalue weighted by atomic mass is 10.1. The minimum absolute atomic E-state index is 0.124. The van der Waals surface area contributed by atoms with E-state index < -0.39 is 0 Å². The molecule has 0 amide bonds. The molecular weight excluding hydrogens is 246 g/mol. The molecule has 0 spiro atoms. The summed E-state index contributed by atoms with van der Waals surface area (Å²) in [5.41, 5.74) is 3.06. The second-order valence-corrected chi connectivity index (χ2v) is 4.20. The first kappa shape index (κ1) is 12.9. The molecule has 1 N–H and O–H groups in total. The molecule has 0 saturated carbocycles. The number of hydrogen-bond acceptors (Lipinski definition) is 5. The van der Waals surface area contributed by atoms with Crippen LogP contribution in [-0.4, -0.2) is 22.6 Å². The van der Waals surface area contributed by atoms with Crippen LogP contribution in [0.4, 0.5) is 0 Å². The number of H-pyrrole nitrogens is 1. The lowest BCUT2D eigenvalue weighted by Gasteiger charge is -2.01. The van der Waals surface area contributed by atoms with Crippen molar-refractivity contribution in [2.24, 2.45) is 5.34 Å². The molecule has 2 rings (SSSR count). The van der Waals surface area contributed by atoms with Crippen molar-refractivity contribution in [1.82, 2.24) is 10.2 Å². The molecule has 0 aliphatic heterocycles. The number of carbonyl (C=O) groups is 1. The summed E-state index contributed by atoms with van der Waals surface area (Å²) in [5.74, 6) is -0.160. The predicted octanol–water partition coefficient (Wildman–Crippen LogP) is 2.54. The van der Waals surface area contributed by atoms with E-state index in [1.165, 1.54) is 6.92 Å². The third-order valence-electron chi connectivity index (χ3n) is 2.83. The fourth-order valence-electron chi connectivity index (χ4n) is 1.79. The quantitative estimate of drug-likeness (QED) is 0.508. The summed E-state index contributed by atoms with van der Waals surface area (Å²) >= 11 is 0. The highest BCUT2D eigenvalue weighted by Crippen LogP contribution is 2.19. The van der Waals surface area contributed by atoms with Crippen LogP contribution in [-0.2, 0) is 9.63 Å². The zero-order chi connectivity index (χ0) is 13.8. The van der Waals surface area contributed by atoms with Gasteiger partial charge in [0, 0.05) is 16.7 Å². The van der Waals surface area contributed by atoms with Gasteiger partial charge in [-0.05, 0) is 37.6 Å². The van der Waals surface area contributed by atoms with Gasteiger partial charge in [0.05, 0.1) is 5.52 Å². The largest absolute Gasteiger partial charge is 0.359 e. The average molecular weight is 259 g/mol. The Morgan fingerprint density at radius 3 is 3.00 bits per heavy atom. The molecule has 2 aromatic rings. The highest BCUT2D eigenvalue weighted by molar-refractivity contribution is 5.98. The Kier molecular flexibility index (Phi) is 3.70. The van der Waals surface area contributed by atoms with Crippen molar-refractivity contribution in [2.75, 3.05) is 6.61 Å². The van der Waals surface area contributed by atoms with Gasteiger partial charge in [-0.1, -0.05) is 6.07 Å². The number of carbonyl (C=O) groups excluding carboxylic acids is 1. The van der Waals surface area contributed by atoms with Crippen molar-refractivity contribution in [3.05, 3.63) is 39.9 Å². The number of benzene rings is 1. The van der Waals surface area contributed by atoms with Crippen molar-refractivity contribution in [1.29, 1.82) is 0 Å². The highest BCUT2D eigenvalue weighted by Gasteiger charge is 2.07. The topological polar surface area (TPSA) is 84.4 Å².